The average Bonchev–Trinajstić information content (AvgIpc) is 2.84. The first kappa shape index (κ1) is 36.9. The minimum absolute atomic E-state index is 0. The Kier molecular flexibility index (Phi) is 19.4. The lowest BCUT2D eigenvalue weighted by molar-refractivity contribution is -0.903. The van der Waals surface area contributed by atoms with Crippen LogP contribution in [0.2, 0.25) is 0 Å². The first-order valence-corrected chi connectivity index (χ1v) is 15.1. The maximum atomic E-state index is 2.38. The maximum absolute atomic E-state index is 2.38. The first-order valence-electron chi connectivity index (χ1n) is 15.1. The normalized spacial score (nSPS) is 11.6. The molecule has 0 unspecified atom stereocenters. The molecule has 0 saturated carbocycles. The van der Waals surface area contributed by atoms with E-state index < -0.39 is 0 Å². The minimum Gasteiger partial charge on any atom is -1.00 e. The van der Waals surface area contributed by atoms with Crippen LogP contribution in [0.1, 0.15) is 102 Å². The highest BCUT2D eigenvalue weighted by Gasteiger charge is 2.17. The molecule has 0 heterocycles. The Morgan fingerprint density at radius 1 is 0.421 bits per heavy atom. The number of hydrogen-bond donors (Lipinski definition) is 0. The summed E-state index contributed by atoms with van der Waals surface area (Å²) in [6.45, 7) is 9.34. The fourth-order valence-electron chi connectivity index (χ4n) is 5.39. The predicted molar refractivity (Wildman–Crippen MR) is 160 cm³/mol. The van der Waals surface area contributed by atoms with Crippen molar-refractivity contribution in [2.45, 2.75) is 104 Å². The van der Waals surface area contributed by atoms with Crippen molar-refractivity contribution in [2.24, 2.45) is 0 Å². The van der Waals surface area contributed by atoms with Gasteiger partial charge in [0.15, 0.2) is 0 Å². The molecule has 2 aromatic carbocycles. The second kappa shape index (κ2) is 19.9. The molecule has 2 aromatic rings. The molecule has 0 aliphatic heterocycles. The van der Waals surface area contributed by atoms with Crippen molar-refractivity contribution in [2.75, 3.05) is 41.3 Å². The van der Waals surface area contributed by atoms with Gasteiger partial charge in [0, 0.05) is 11.1 Å². The molecule has 2 nitrogen and oxygen atoms in total. The molecular weight excluding hydrogens is 507 g/mol. The van der Waals surface area contributed by atoms with E-state index in [0.29, 0.717) is 0 Å². The van der Waals surface area contributed by atoms with Crippen LogP contribution >= 0.6 is 0 Å². The van der Waals surface area contributed by atoms with Crippen LogP contribution in [-0.4, -0.2) is 50.2 Å². The second-order valence-corrected chi connectivity index (χ2v) is 12.6. The van der Waals surface area contributed by atoms with Gasteiger partial charge in [-0.15, -0.1) is 0 Å². The Morgan fingerprint density at radius 2 is 0.711 bits per heavy atom. The highest BCUT2D eigenvalue weighted by atomic mass is 35.5. The molecule has 0 N–H and O–H groups in total. The third-order valence-corrected chi connectivity index (χ3v) is 7.70. The molecule has 0 spiro atoms. The van der Waals surface area contributed by atoms with Crippen LogP contribution in [0.3, 0.4) is 0 Å². The molecule has 0 saturated heterocycles. The predicted octanol–water partition coefficient (Wildman–Crippen LogP) is 3.24. The average molecular weight is 566 g/mol. The van der Waals surface area contributed by atoms with Gasteiger partial charge < -0.3 is 33.8 Å². The summed E-state index contributed by atoms with van der Waals surface area (Å²) in [6, 6.07) is 18.6. The van der Waals surface area contributed by atoms with Gasteiger partial charge in [0.1, 0.15) is 13.1 Å². The largest absolute Gasteiger partial charge is 1.00 e. The number of halogens is 2. The maximum Gasteiger partial charge on any atom is 0.104 e. The number of unbranched alkanes of at least 4 members (excludes halogenated alkanes) is 10. The van der Waals surface area contributed by atoms with Gasteiger partial charge in [-0.1, -0.05) is 114 Å². The van der Waals surface area contributed by atoms with E-state index in [1.807, 2.05) is 0 Å². The molecule has 0 aliphatic rings. The highest BCUT2D eigenvalue weighted by molar-refractivity contribution is 5.63. The molecule has 0 bridgehead atoms. The van der Waals surface area contributed by atoms with Crippen LogP contribution in [0, 0.1) is 0 Å². The van der Waals surface area contributed by atoms with E-state index in [9.17, 15) is 0 Å². The lowest BCUT2D eigenvalue weighted by atomic mass is 10.0. The van der Waals surface area contributed by atoms with Gasteiger partial charge in [0.25, 0.3) is 0 Å². The second-order valence-electron chi connectivity index (χ2n) is 12.6. The zero-order valence-corrected chi connectivity index (χ0v) is 27.1. The van der Waals surface area contributed by atoms with Gasteiger partial charge in [-0.25, -0.2) is 0 Å². The Balaban J connectivity index is 0.00000684. The molecular formula is C34H58Cl2N2. The molecule has 2 rings (SSSR count). The first-order chi connectivity index (χ1) is 17.2. The molecule has 38 heavy (non-hydrogen) atoms. The van der Waals surface area contributed by atoms with Gasteiger partial charge in [-0.2, -0.15) is 0 Å². The molecule has 0 aliphatic carbocycles. The molecule has 0 aromatic heterocycles. The summed E-state index contributed by atoms with van der Waals surface area (Å²) in [7, 11) is 9.52. The standard InChI is InChI=1S/C34H58N2.2ClH/c1-7-9-11-13-15-17-27-35(3,4)29-31-19-23-33(24-20-31)34-25-21-32(22-26-34)30-36(5,6)28-18-16-14-12-10-8-2;;/h19-26H,7-18,27-30H2,1-6H3;2*1H/q+2;;/p-2. The SMILES string of the molecule is CCCCCCCC[N+](C)(C)Cc1ccc(-c2ccc(C[N+](C)(C)CCCCCCCC)cc2)cc1.[Cl-].[Cl-]. The molecule has 0 amide bonds. The van der Waals surface area contributed by atoms with Crippen molar-refractivity contribution < 1.29 is 33.8 Å². The van der Waals surface area contributed by atoms with E-state index in [0.717, 1.165) is 22.1 Å². The van der Waals surface area contributed by atoms with E-state index in [4.69, 9.17) is 0 Å². The van der Waals surface area contributed by atoms with Gasteiger partial charge in [-0.3, -0.25) is 0 Å². The summed E-state index contributed by atoms with van der Waals surface area (Å²) in [6.07, 6.45) is 16.5. The Hall–Kier alpha value is -1.06. The van der Waals surface area contributed by atoms with Crippen molar-refractivity contribution in [3.63, 3.8) is 0 Å². The Labute approximate surface area is 249 Å². The van der Waals surface area contributed by atoms with Crippen LogP contribution in [0.25, 0.3) is 11.1 Å². The van der Waals surface area contributed by atoms with Crippen LogP contribution in [0.4, 0.5) is 0 Å². The smallest absolute Gasteiger partial charge is 0.104 e. The van der Waals surface area contributed by atoms with Crippen LogP contribution in [-0.2, 0) is 13.1 Å². The monoisotopic (exact) mass is 564 g/mol. The number of rotatable bonds is 19. The zero-order valence-electron chi connectivity index (χ0n) is 25.6. The third-order valence-electron chi connectivity index (χ3n) is 7.70. The topological polar surface area (TPSA) is 0 Å². The van der Waals surface area contributed by atoms with Crippen LogP contribution in [0.15, 0.2) is 48.5 Å². The Bertz CT molecular complexity index is 757. The zero-order chi connectivity index (χ0) is 26.3. The summed E-state index contributed by atoms with van der Waals surface area (Å²) in [5.74, 6) is 0. The number of hydrogen-bond acceptors (Lipinski definition) is 0. The highest BCUT2D eigenvalue weighted by Crippen LogP contribution is 2.23. The summed E-state index contributed by atoms with van der Waals surface area (Å²) in [5, 5.41) is 0. The van der Waals surface area contributed by atoms with E-state index >= 15 is 0 Å². The molecule has 4 heteroatoms. The third kappa shape index (κ3) is 15.5. The van der Waals surface area contributed by atoms with Crippen LogP contribution in [0.5, 0.6) is 0 Å². The molecule has 0 radical (unpaired) electrons. The summed E-state index contributed by atoms with van der Waals surface area (Å²) in [5.41, 5.74) is 5.54. The summed E-state index contributed by atoms with van der Waals surface area (Å²) >= 11 is 0. The van der Waals surface area contributed by atoms with Crippen molar-refractivity contribution in [3.8, 4) is 11.1 Å². The van der Waals surface area contributed by atoms with E-state index in [1.165, 1.54) is 112 Å². The summed E-state index contributed by atoms with van der Waals surface area (Å²) in [4.78, 5) is 0. The lowest BCUT2D eigenvalue weighted by Crippen LogP contribution is -3.00. The minimum atomic E-state index is 0. The Morgan fingerprint density at radius 3 is 1.03 bits per heavy atom. The van der Waals surface area contributed by atoms with Gasteiger partial charge in [0.05, 0.1) is 41.3 Å². The van der Waals surface area contributed by atoms with Crippen LogP contribution < -0.4 is 24.8 Å². The van der Waals surface area contributed by atoms with Gasteiger partial charge in [-0.05, 0) is 36.8 Å². The van der Waals surface area contributed by atoms with Crippen molar-refractivity contribution in [1.29, 1.82) is 0 Å². The molecule has 0 fully saturated rings. The number of quaternary nitrogens is 2. The van der Waals surface area contributed by atoms with E-state index in [1.54, 1.807) is 0 Å². The fraction of sp³-hybridized carbons (Fsp3) is 0.647. The van der Waals surface area contributed by atoms with Gasteiger partial charge >= 0.3 is 0 Å². The van der Waals surface area contributed by atoms with Crippen molar-refractivity contribution in [3.05, 3.63) is 59.7 Å². The van der Waals surface area contributed by atoms with Crippen molar-refractivity contribution >= 4 is 0 Å². The van der Waals surface area contributed by atoms with E-state index in [-0.39, 0.29) is 24.8 Å². The molecule has 218 valence electrons. The number of benzene rings is 2. The fourth-order valence-corrected chi connectivity index (χ4v) is 5.39. The van der Waals surface area contributed by atoms with Gasteiger partial charge in [0.2, 0.25) is 0 Å². The summed E-state index contributed by atoms with van der Waals surface area (Å²) < 4.78 is 2.16. The molecule has 0 atom stereocenters. The van der Waals surface area contributed by atoms with E-state index in [2.05, 4.69) is 90.6 Å². The quantitative estimate of drug-likeness (QED) is 0.181. The number of nitrogens with zero attached hydrogens (tertiary/aromatic N) is 2. The lowest BCUT2D eigenvalue weighted by Gasteiger charge is -2.30. The van der Waals surface area contributed by atoms with Crippen molar-refractivity contribution in [1.82, 2.24) is 0 Å².